The van der Waals surface area contributed by atoms with Crippen LogP contribution in [0.5, 0.6) is 5.75 Å². The fourth-order valence-electron chi connectivity index (χ4n) is 4.86. The number of nitrogens with zero attached hydrogens (tertiary/aromatic N) is 5. The molecule has 2 aromatic rings. The van der Waals surface area contributed by atoms with Crippen LogP contribution < -0.4 is 4.74 Å². The third-order valence-electron chi connectivity index (χ3n) is 6.64. The van der Waals surface area contributed by atoms with Crippen LogP contribution in [0.4, 0.5) is 0 Å². The van der Waals surface area contributed by atoms with Gasteiger partial charge < -0.3 is 24.0 Å². The molecule has 2 fully saturated rings. The average molecular weight is 492 g/mol. The fraction of sp³-hybridized carbons (Fsp3) is 0.609. The number of methoxy groups -OCH3 is 1. The maximum absolute atomic E-state index is 13.1. The van der Waals surface area contributed by atoms with Gasteiger partial charge in [-0.05, 0) is 56.5 Å². The van der Waals surface area contributed by atoms with Crippen molar-refractivity contribution in [2.45, 2.75) is 30.9 Å². The summed E-state index contributed by atoms with van der Waals surface area (Å²) >= 11 is 0. The third kappa shape index (κ3) is 5.42. The Hall–Kier alpha value is -2.50. The van der Waals surface area contributed by atoms with Gasteiger partial charge in [0.05, 0.1) is 12.0 Å². The molecule has 3 heterocycles. The molecule has 0 spiro atoms. The molecule has 1 atom stereocenters. The molecule has 1 unspecified atom stereocenters. The quantitative estimate of drug-likeness (QED) is 0.567. The number of amides is 1. The zero-order chi connectivity index (χ0) is 24.5. The van der Waals surface area contributed by atoms with Crippen LogP contribution in [-0.2, 0) is 15.6 Å². The summed E-state index contributed by atoms with van der Waals surface area (Å²) in [6, 6.07) is 3.36. The topological polar surface area (TPSA) is 109 Å². The van der Waals surface area contributed by atoms with E-state index in [0.717, 1.165) is 39.1 Å². The van der Waals surface area contributed by atoms with E-state index in [1.165, 1.54) is 7.11 Å². The van der Waals surface area contributed by atoms with Crippen molar-refractivity contribution in [3.05, 3.63) is 35.0 Å². The van der Waals surface area contributed by atoms with Crippen molar-refractivity contribution in [3.63, 3.8) is 0 Å². The number of hydrogen-bond donors (Lipinski definition) is 0. The number of hydrogen-bond acceptors (Lipinski definition) is 9. The van der Waals surface area contributed by atoms with Crippen LogP contribution in [0.3, 0.4) is 0 Å². The minimum absolute atomic E-state index is 0.0221. The van der Waals surface area contributed by atoms with Gasteiger partial charge in [-0.25, -0.2) is 8.42 Å². The number of rotatable bonds is 7. The highest BCUT2D eigenvalue weighted by atomic mass is 32.2. The van der Waals surface area contributed by atoms with Crippen LogP contribution in [-0.4, -0.2) is 99.1 Å². The second-order valence-electron chi connectivity index (χ2n) is 9.37. The van der Waals surface area contributed by atoms with Gasteiger partial charge in [-0.15, -0.1) is 0 Å². The first-order valence-corrected chi connectivity index (χ1v) is 13.2. The minimum Gasteiger partial charge on any atom is -0.497 e. The van der Waals surface area contributed by atoms with E-state index in [1.54, 1.807) is 30.9 Å². The van der Waals surface area contributed by atoms with E-state index in [1.807, 2.05) is 0 Å². The van der Waals surface area contributed by atoms with Crippen molar-refractivity contribution in [2.24, 2.45) is 5.92 Å². The summed E-state index contributed by atoms with van der Waals surface area (Å²) in [6.45, 7) is 9.94. The van der Waals surface area contributed by atoms with Crippen LogP contribution >= 0.6 is 0 Å². The molecule has 186 valence electrons. The molecule has 4 rings (SSSR count). The standard InChI is InChI=1S/C23H33N5O5S/c1-16-11-19(32-4)12-17(2)21(16)34(30,31)15-20-24-22(33-25-20)23(29)28-6-5-18(14-28)13-27-9-7-26(3)8-10-27/h11-12,18H,5-10,13-15H2,1-4H3. The lowest BCUT2D eigenvalue weighted by atomic mass is 10.1. The largest absolute Gasteiger partial charge is 0.497 e. The van der Waals surface area contributed by atoms with Crippen molar-refractivity contribution in [3.8, 4) is 5.75 Å². The first kappa shape index (κ1) is 24.6. The summed E-state index contributed by atoms with van der Waals surface area (Å²) in [5.74, 6) is 0.0479. The zero-order valence-electron chi connectivity index (χ0n) is 20.3. The van der Waals surface area contributed by atoms with E-state index in [2.05, 4.69) is 27.0 Å². The Bertz CT molecular complexity index is 1120. The van der Waals surface area contributed by atoms with Gasteiger partial charge in [0.15, 0.2) is 15.7 Å². The molecule has 1 amide bonds. The Morgan fingerprint density at radius 3 is 2.47 bits per heavy atom. The minimum atomic E-state index is -3.73. The van der Waals surface area contributed by atoms with Crippen LogP contribution in [0.25, 0.3) is 0 Å². The van der Waals surface area contributed by atoms with Gasteiger partial charge >= 0.3 is 11.8 Å². The molecule has 0 saturated carbocycles. The van der Waals surface area contributed by atoms with Gasteiger partial charge in [0.2, 0.25) is 0 Å². The Balaban J connectivity index is 1.38. The predicted octanol–water partition coefficient (Wildman–Crippen LogP) is 1.38. The zero-order valence-corrected chi connectivity index (χ0v) is 21.1. The van der Waals surface area contributed by atoms with E-state index >= 15 is 0 Å². The maximum Gasteiger partial charge on any atom is 0.316 e. The molecule has 1 aromatic heterocycles. The van der Waals surface area contributed by atoms with Crippen molar-refractivity contribution >= 4 is 15.7 Å². The molecule has 2 saturated heterocycles. The normalized spacial score (nSPS) is 20.1. The summed E-state index contributed by atoms with van der Waals surface area (Å²) in [7, 11) is -0.0622. The van der Waals surface area contributed by atoms with Crippen LogP contribution in [0.2, 0.25) is 0 Å². The molecule has 34 heavy (non-hydrogen) atoms. The Kier molecular flexibility index (Phi) is 7.25. The van der Waals surface area contributed by atoms with E-state index in [9.17, 15) is 13.2 Å². The number of carbonyl (C=O) groups excluding carboxylic acids is 1. The van der Waals surface area contributed by atoms with Crippen molar-refractivity contribution in [1.82, 2.24) is 24.8 Å². The van der Waals surface area contributed by atoms with Crippen LogP contribution in [0.1, 0.15) is 34.1 Å². The number of carbonyl (C=O) groups is 1. The lowest BCUT2D eigenvalue weighted by Crippen LogP contribution is -2.46. The molecule has 10 nitrogen and oxygen atoms in total. The summed E-state index contributed by atoms with van der Waals surface area (Å²) in [4.78, 5) is 23.7. The van der Waals surface area contributed by atoms with E-state index in [-0.39, 0.29) is 22.5 Å². The van der Waals surface area contributed by atoms with E-state index in [4.69, 9.17) is 9.26 Å². The number of likely N-dealkylation sites (N-methyl/N-ethyl adjacent to an activating group) is 1. The first-order valence-electron chi connectivity index (χ1n) is 11.6. The maximum atomic E-state index is 13.1. The number of piperazine rings is 1. The number of ether oxygens (including phenoxy) is 1. The molecule has 0 aliphatic carbocycles. The van der Waals surface area contributed by atoms with Crippen molar-refractivity contribution < 1.29 is 22.5 Å². The van der Waals surface area contributed by atoms with E-state index in [0.29, 0.717) is 35.9 Å². The van der Waals surface area contributed by atoms with E-state index < -0.39 is 15.6 Å². The van der Waals surface area contributed by atoms with Gasteiger partial charge in [0.1, 0.15) is 11.5 Å². The number of sulfone groups is 1. The Morgan fingerprint density at radius 1 is 1.15 bits per heavy atom. The van der Waals surface area contributed by atoms with Gasteiger partial charge in [0.25, 0.3) is 0 Å². The SMILES string of the molecule is COc1cc(C)c(S(=O)(=O)Cc2noc(C(=O)N3CCC(CN4CCN(C)CC4)C3)n2)c(C)c1. The van der Waals surface area contributed by atoms with Gasteiger partial charge in [-0.2, -0.15) is 4.98 Å². The molecule has 0 N–H and O–H groups in total. The molecule has 0 radical (unpaired) electrons. The highest BCUT2D eigenvalue weighted by Gasteiger charge is 2.32. The van der Waals surface area contributed by atoms with Gasteiger partial charge in [0, 0.05) is 45.8 Å². The number of likely N-dealkylation sites (tertiary alicyclic amines) is 1. The Labute approximate surface area is 200 Å². The second-order valence-corrected chi connectivity index (χ2v) is 11.3. The van der Waals surface area contributed by atoms with Gasteiger partial charge in [-0.3, -0.25) is 4.79 Å². The average Bonchev–Trinajstić information content (AvgIpc) is 3.43. The summed E-state index contributed by atoms with van der Waals surface area (Å²) < 4.78 is 36.5. The molecule has 2 aliphatic heterocycles. The Morgan fingerprint density at radius 2 is 1.82 bits per heavy atom. The second kappa shape index (κ2) is 10.0. The number of aryl methyl sites for hydroxylation is 2. The van der Waals surface area contributed by atoms with Crippen molar-refractivity contribution in [2.75, 3.05) is 60.0 Å². The molecule has 11 heteroatoms. The fourth-order valence-corrected chi connectivity index (χ4v) is 6.56. The summed E-state index contributed by atoms with van der Waals surface area (Å²) in [5, 5.41) is 3.78. The summed E-state index contributed by atoms with van der Waals surface area (Å²) in [5.41, 5.74) is 1.17. The van der Waals surface area contributed by atoms with Gasteiger partial charge in [-0.1, -0.05) is 5.16 Å². The lowest BCUT2D eigenvalue weighted by Gasteiger charge is -2.33. The summed E-state index contributed by atoms with van der Waals surface area (Å²) in [6.07, 6.45) is 0.934. The molecule has 2 aliphatic rings. The van der Waals surface area contributed by atoms with Crippen molar-refractivity contribution in [1.29, 1.82) is 0 Å². The molecule has 0 bridgehead atoms. The number of aromatic nitrogens is 2. The number of benzene rings is 1. The predicted molar refractivity (Wildman–Crippen MR) is 126 cm³/mol. The molecular formula is C23H33N5O5S. The monoisotopic (exact) mass is 491 g/mol. The highest BCUT2D eigenvalue weighted by molar-refractivity contribution is 7.90. The molecule has 1 aromatic carbocycles. The highest BCUT2D eigenvalue weighted by Crippen LogP contribution is 2.28. The third-order valence-corrected chi connectivity index (χ3v) is 8.54. The van der Waals surface area contributed by atoms with Crippen LogP contribution in [0, 0.1) is 19.8 Å². The lowest BCUT2D eigenvalue weighted by molar-refractivity contribution is 0.0730. The first-order chi connectivity index (χ1) is 16.2. The smallest absolute Gasteiger partial charge is 0.316 e. The van der Waals surface area contributed by atoms with Crippen LogP contribution in [0.15, 0.2) is 21.6 Å². The molecular weight excluding hydrogens is 458 g/mol.